The number of hydrogen-bond acceptors (Lipinski definition) is 5. The maximum absolute atomic E-state index is 9.77. The third-order valence-corrected chi connectivity index (χ3v) is 6.53. The first-order valence-electron chi connectivity index (χ1n) is 8.93. The minimum atomic E-state index is -1.83. The second-order valence-corrected chi connectivity index (χ2v) is 23.1. The molecule has 0 saturated carbocycles. The molecule has 0 spiro atoms. The molecule has 1 heterocycles. The normalized spacial score (nSPS) is 32.9. The summed E-state index contributed by atoms with van der Waals surface area (Å²) in [6.07, 6.45) is -1.11. The quantitative estimate of drug-likeness (QED) is 0.668. The molecule has 144 valence electrons. The second-order valence-electron chi connectivity index (χ2n) is 9.70. The molecule has 0 aromatic carbocycles. The Morgan fingerprint density at radius 2 is 1.17 bits per heavy atom. The molecule has 1 N–H and O–H groups in total. The Kier molecular flexibility index (Phi) is 7.49. The number of aliphatic hydroxyl groups is 1. The van der Waals surface area contributed by atoms with Crippen molar-refractivity contribution in [2.75, 3.05) is 6.61 Å². The third kappa shape index (κ3) is 7.37. The van der Waals surface area contributed by atoms with Crippen molar-refractivity contribution >= 4 is 25.0 Å². The van der Waals surface area contributed by atoms with Crippen molar-refractivity contribution < 1.29 is 23.1 Å². The van der Waals surface area contributed by atoms with Gasteiger partial charge in [0.15, 0.2) is 31.2 Å². The SMILES string of the molecule is C[C@H]1[C@H](O[Si](C)(C)C)[C@@H](O[Si](C)(C)C)[C@H](O[Si](C)(C)C)O[C@@H]1CO. The average molecular weight is 395 g/mol. The summed E-state index contributed by atoms with van der Waals surface area (Å²) in [5.74, 6) is 0.0598. The van der Waals surface area contributed by atoms with E-state index in [0.29, 0.717) is 0 Å². The molecular formula is C16H38O5Si3. The largest absolute Gasteiger partial charge is 0.412 e. The molecule has 0 amide bonds. The van der Waals surface area contributed by atoms with Crippen LogP contribution in [0.15, 0.2) is 0 Å². The number of aliphatic hydroxyl groups excluding tert-OH is 1. The predicted octanol–water partition coefficient (Wildman–Crippen LogP) is 3.63. The molecule has 8 heteroatoms. The predicted molar refractivity (Wildman–Crippen MR) is 106 cm³/mol. The van der Waals surface area contributed by atoms with Gasteiger partial charge >= 0.3 is 0 Å². The fourth-order valence-electron chi connectivity index (χ4n) is 2.81. The molecule has 1 aliphatic rings. The lowest BCUT2D eigenvalue weighted by molar-refractivity contribution is -0.255. The van der Waals surface area contributed by atoms with Gasteiger partial charge in [-0.05, 0) is 58.9 Å². The van der Waals surface area contributed by atoms with E-state index in [1.807, 2.05) is 0 Å². The van der Waals surface area contributed by atoms with Crippen LogP contribution >= 0.6 is 0 Å². The van der Waals surface area contributed by atoms with Crippen LogP contribution < -0.4 is 0 Å². The molecular weight excluding hydrogens is 356 g/mol. The number of rotatable bonds is 7. The molecule has 0 aromatic heterocycles. The van der Waals surface area contributed by atoms with Gasteiger partial charge in [0.25, 0.3) is 0 Å². The van der Waals surface area contributed by atoms with Crippen LogP contribution in [0.3, 0.4) is 0 Å². The van der Waals surface area contributed by atoms with Crippen LogP contribution in [0.5, 0.6) is 0 Å². The summed E-state index contributed by atoms with van der Waals surface area (Å²) >= 11 is 0. The van der Waals surface area contributed by atoms with Gasteiger partial charge in [-0.3, -0.25) is 0 Å². The lowest BCUT2D eigenvalue weighted by Crippen LogP contribution is -2.62. The average Bonchev–Trinajstić information content (AvgIpc) is 2.32. The molecule has 0 aliphatic carbocycles. The summed E-state index contributed by atoms with van der Waals surface area (Å²) in [6, 6.07) is 0. The van der Waals surface area contributed by atoms with Crippen molar-refractivity contribution in [3.05, 3.63) is 0 Å². The molecule has 24 heavy (non-hydrogen) atoms. The van der Waals surface area contributed by atoms with Crippen LogP contribution in [0.4, 0.5) is 0 Å². The first-order valence-corrected chi connectivity index (χ1v) is 19.2. The van der Waals surface area contributed by atoms with Gasteiger partial charge in [-0.15, -0.1) is 0 Å². The van der Waals surface area contributed by atoms with Crippen molar-refractivity contribution in [3.8, 4) is 0 Å². The molecule has 5 atom stereocenters. The number of hydrogen-bond donors (Lipinski definition) is 1. The molecule has 1 fully saturated rings. The van der Waals surface area contributed by atoms with Crippen LogP contribution in [-0.4, -0.2) is 61.3 Å². The highest BCUT2D eigenvalue weighted by Crippen LogP contribution is 2.35. The lowest BCUT2D eigenvalue weighted by Gasteiger charge is -2.49. The van der Waals surface area contributed by atoms with E-state index in [2.05, 4.69) is 65.8 Å². The zero-order chi connectivity index (χ0) is 18.9. The van der Waals surface area contributed by atoms with Crippen molar-refractivity contribution in [3.63, 3.8) is 0 Å². The van der Waals surface area contributed by atoms with Crippen LogP contribution in [0.25, 0.3) is 0 Å². The van der Waals surface area contributed by atoms with E-state index >= 15 is 0 Å². The van der Waals surface area contributed by atoms with Crippen molar-refractivity contribution in [1.82, 2.24) is 0 Å². The maximum Gasteiger partial charge on any atom is 0.187 e. The summed E-state index contributed by atoms with van der Waals surface area (Å²) in [4.78, 5) is 0. The fourth-order valence-corrected chi connectivity index (χ4v) is 5.92. The highest BCUT2D eigenvalue weighted by atomic mass is 28.4. The first kappa shape index (κ1) is 22.5. The molecule has 0 radical (unpaired) electrons. The zero-order valence-electron chi connectivity index (χ0n) is 17.2. The minimum absolute atomic E-state index is 0.0298. The fraction of sp³-hybridized carbons (Fsp3) is 1.00. The van der Waals surface area contributed by atoms with E-state index in [1.54, 1.807) is 0 Å². The third-order valence-electron chi connectivity index (χ3n) is 3.63. The van der Waals surface area contributed by atoms with Crippen molar-refractivity contribution in [1.29, 1.82) is 0 Å². The summed E-state index contributed by atoms with van der Waals surface area (Å²) in [7, 11) is -5.42. The topological polar surface area (TPSA) is 57.2 Å². The molecule has 0 unspecified atom stereocenters. The molecule has 0 aromatic rings. The van der Waals surface area contributed by atoms with E-state index in [9.17, 15) is 5.11 Å². The lowest BCUT2D eigenvalue weighted by atomic mass is 9.91. The summed E-state index contributed by atoms with van der Waals surface area (Å²) < 4.78 is 25.4. The van der Waals surface area contributed by atoms with E-state index in [4.69, 9.17) is 18.0 Å². The van der Waals surface area contributed by atoms with Gasteiger partial charge in [0.05, 0.1) is 18.8 Å². The Labute approximate surface area is 151 Å². The first-order chi connectivity index (χ1) is 10.6. The summed E-state index contributed by atoms with van der Waals surface area (Å²) in [5.41, 5.74) is 0. The maximum atomic E-state index is 9.77. The summed E-state index contributed by atoms with van der Waals surface area (Å²) in [5, 5.41) is 9.77. The van der Waals surface area contributed by atoms with E-state index in [0.717, 1.165) is 0 Å². The van der Waals surface area contributed by atoms with Crippen LogP contribution in [0.1, 0.15) is 6.92 Å². The Morgan fingerprint density at radius 3 is 1.54 bits per heavy atom. The van der Waals surface area contributed by atoms with Gasteiger partial charge in [-0.25, -0.2) is 0 Å². The Morgan fingerprint density at radius 1 is 0.750 bits per heavy atom. The van der Waals surface area contributed by atoms with Gasteiger partial charge in [0.1, 0.15) is 6.10 Å². The molecule has 1 saturated heterocycles. The van der Waals surface area contributed by atoms with Gasteiger partial charge in [-0.1, -0.05) is 6.92 Å². The van der Waals surface area contributed by atoms with Crippen LogP contribution in [0.2, 0.25) is 58.9 Å². The van der Waals surface area contributed by atoms with E-state index in [-0.39, 0.29) is 30.8 Å². The second kappa shape index (κ2) is 7.99. The summed E-state index contributed by atoms with van der Waals surface area (Å²) in [6.45, 7) is 21.5. The Balaban J connectivity index is 3.18. The monoisotopic (exact) mass is 394 g/mol. The van der Waals surface area contributed by atoms with Gasteiger partial charge in [-0.2, -0.15) is 0 Å². The zero-order valence-corrected chi connectivity index (χ0v) is 20.2. The van der Waals surface area contributed by atoms with Gasteiger partial charge < -0.3 is 23.1 Å². The van der Waals surface area contributed by atoms with Crippen LogP contribution in [0, 0.1) is 5.92 Å². The molecule has 0 bridgehead atoms. The van der Waals surface area contributed by atoms with Gasteiger partial charge in [0, 0.05) is 5.92 Å². The van der Waals surface area contributed by atoms with E-state index in [1.165, 1.54) is 0 Å². The smallest absolute Gasteiger partial charge is 0.187 e. The molecule has 1 aliphatic heterocycles. The van der Waals surface area contributed by atoms with Crippen LogP contribution in [-0.2, 0) is 18.0 Å². The highest BCUT2D eigenvalue weighted by molar-refractivity contribution is 6.70. The Bertz CT molecular complexity index is 400. The van der Waals surface area contributed by atoms with Crippen molar-refractivity contribution in [2.45, 2.75) is 90.4 Å². The number of ether oxygens (including phenoxy) is 1. The highest BCUT2D eigenvalue weighted by Gasteiger charge is 2.49. The van der Waals surface area contributed by atoms with Crippen molar-refractivity contribution in [2.24, 2.45) is 5.92 Å². The molecule has 1 rings (SSSR count). The standard InChI is InChI=1S/C16H38O5Si3/c1-12-13(11-17)18-16(21-24(8,9)10)15(20-23(5,6)7)14(12)19-22(2,3)4/h12-17H,11H2,1-10H3/t12-,13-,14+,15-,16+/m1/s1. The Hall–Kier alpha value is 0.451. The molecule has 5 nitrogen and oxygen atoms in total. The minimum Gasteiger partial charge on any atom is -0.412 e. The van der Waals surface area contributed by atoms with E-state index < -0.39 is 31.2 Å². The van der Waals surface area contributed by atoms with Gasteiger partial charge in [0.2, 0.25) is 0 Å².